The molecule has 1 aliphatic rings. The Morgan fingerprint density at radius 1 is 1.25 bits per heavy atom. The highest BCUT2D eigenvalue weighted by molar-refractivity contribution is 6.29. The largest absolute Gasteiger partial charge is 0.356 e. The maximum absolute atomic E-state index is 12.2. The predicted molar refractivity (Wildman–Crippen MR) is 111 cm³/mol. The summed E-state index contributed by atoms with van der Waals surface area (Å²) in [6, 6.07) is 7.74. The van der Waals surface area contributed by atoms with Gasteiger partial charge >= 0.3 is 0 Å². The van der Waals surface area contributed by atoms with Gasteiger partial charge in [-0.25, -0.2) is 9.97 Å². The lowest BCUT2D eigenvalue weighted by Crippen LogP contribution is -2.40. The fraction of sp³-hybridized carbons (Fsp3) is 0.333. The lowest BCUT2D eigenvalue weighted by atomic mass is 9.95. The Balaban J connectivity index is 1.68. The van der Waals surface area contributed by atoms with E-state index in [9.17, 15) is 4.79 Å². The van der Waals surface area contributed by atoms with E-state index in [-0.39, 0.29) is 11.8 Å². The van der Waals surface area contributed by atoms with Crippen LogP contribution in [0.5, 0.6) is 0 Å². The van der Waals surface area contributed by atoms with Gasteiger partial charge in [-0.1, -0.05) is 11.6 Å². The molecule has 0 bridgehead atoms. The van der Waals surface area contributed by atoms with Gasteiger partial charge in [0, 0.05) is 60.5 Å². The van der Waals surface area contributed by atoms with Gasteiger partial charge in [-0.15, -0.1) is 0 Å². The highest BCUT2D eigenvalue weighted by Crippen LogP contribution is 2.32. The maximum atomic E-state index is 12.2. The molecule has 0 aliphatic carbocycles. The number of nitrogens with one attached hydrogen (secondary N) is 1. The zero-order valence-corrected chi connectivity index (χ0v) is 16.5. The van der Waals surface area contributed by atoms with Gasteiger partial charge in [0.1, 0.15) is 11.0 Å². The summed E-state index contributed by atoms with van der Waals surface area (Å²) >= 11 is 6.07. The molecule has 6 nitrogen and oxygen atoms in total. The highest BCUT2D eigenvalue weighted by atomic mass is 35.5. The van der Waals surface area contributed by atoms with E-state index in [2.05, 4.69) is 20.2 Å². The molecule has 1 N–H and O–H groups in total. The van der Waals surface area contributed by atoms with Gasteiger partial charge in [0.05, 0.1) is 5.69 Å². The van der Waals surface area contributed by atoms with Crippen LogP contribution in [0.25, 0.3) is 22.0 Å². The highest BCUT2D eigenvalue weighted by Gasteiger charge is 2.26. The molecule has 4 heterocycles. The summed E-state index contributed by atoms with van der Waals surface area (Å²) in [7, 11) is 0. The summed E-state index contributed by atoms with van der Waals surface area (Å²) in [6.07, 6.45) is 6.98. The molecule has 1 amide bonds. The third-order valence-corrected chi connectivity index (χ3v) is 5.36. The Hall–Kier alpha value is -2.73. The van der Waals surface area contributed by atoms with Crippen LogP contribution >= 0.6 is 11.6 Å². The van der Waals surface area contributed by atoms with Crippen molar-refractivity contribution in [3.8, 4) is 11.3 Å². The van der Waals surface area contributed by atoms with E-state index in [1.54, 1.807) is 12.4 Å². The Bertz CT molecular complexity index is 1000. The van der Waals surface area contributed by atoms with Gasteiger partial charge in [0.15, 0.2) is 0 Å². The quantitative estimate of drug-likeness (QED) is 0.682. The zero-order valence-electron chi connectivity index (χ0n) is 15.7. The first-order valence-electron chi connectivity index (χ1n) is 9.55. The summed E-state index contributed by atoms with van der Waals surface area (Å²) in [6.45, 7) is 4.22. The van der Waals surface area contributed by atoms with Crippen molar-refractivity contribution >= 4 is 34.1 Å². The summed E-state index contributed by atoms with van der Waals surface area (Å²) in [5.41, 5.74) is 1.76. The second-order valence-electron chi connectivity index (χ2n) is 6.95. The van der Waals surface area contributed by atoms with Gasteiger partial charge in [-0.05, 0) is 44.0 Å². The predicted octanol–water partition coefficient (Wildman–Crippen LogP) is 3.70. The van der Waals surface area contributed by atoms with Crippen LogP contribution in [0.4, 0.5) is 5.82 Å². The van der Waals surface area contributed by atoms with E-state index in [0.717, 1.165) is 53.8 Å². The van der Waals surface area contributed by atoms with E-state index in [0.29, 0.717) is 11.7 Å². The molecule has 0 unspecified atom stereocenters. The van der Waals surface area contributed by atoms with Crippen LogP contribution in [-0.2, 0) is 4.79 Å². The first kappa shape index (κ1) is 18.6. The first-order valence-corrected chi connectivity index (χ1v) is 9.93. The SMILES string of the molecule is CCNC(=O)C1CCN(c2nc(-c3ccnc(Cl)c3)cc3cnccc23)CC1. The van der Waals surface area contributed by atoms with Crippen molar-refractivity contribution in [3.05, 3.63) is 48.0 Å². The van der Waals surface area contributed by atoms with Gasteiger partial charge in [-0.3, -0.25) is 9.78 Å². The standard InChI is InChI=1S/C21H22ClN5O/c1-2-24-21(28)14-5-9-27(10-6-14)20-17-4-7-23-13-16(17)11-18(26-20)15-3-8-25-19(22)12-15/h3-4,7-8,11-14H,2,5-6,9-10H2,1H3,(H,24,28). The van der Waals surface area contributed by atoms with Crippen molar-refractivity contribution in [2.24, 2.45) is 5.92 Å². The van der Waals surface area contributed by atoms with E-state index < -0.39 is 0 Å². The number of aromatic nitrogens is 3. The van der Waals surface area contributed by atoms with Gasteiger partial charge in [0.2, 0.25) is 5.91 Å². The second kappa shape index (κ2) is 8.10. The third-order valence-electron chi connectivity index (χ3n) is 5.15. The van der Waals surface area contributed by atoms with Crippen molar-refractivity contribution < 1.29 is 4.79 Å². The molecule has 1 saturated heterocycles. The lowest BCUT2D eigenvalue weighted by Gasteiger charge is -2.33. The summed E-state index contributed by atoms with van der Waals surface area (Å²) in [4.78, 5) is 27.7. The normalized spacial score (nSPS) is 15.0. The number of anilines is 1. The van der Waals surface area contributed by atoms with Crippen LogP contribution in [0, 0.1) is 5.92 Å². The smallest absolute Gasteiger partial charge is 0.223 e. The minimum atomic E-state index is 0.0753. The average Bonchev–Trinajstić information content (AvgIpc) is 2.73. The van der Waals surface area contributed by atoms with Crippen molar-refractivity contribution in [2.75, 3.05) is 24.5 Å². The number of hydrogen-bond donors (Lipinski definition) is 1. The minimum absolute atomic E-state index is 0.0753. The fourth-order valence-electron chi connectivity index (χ4n) is 3.70. The Labute approximate surface area is 169 Å². The van der Waals surface area contributed by atoms with Gasteiger partial charge in [0.25, 0.3) is 0 Å². The molecule has 144 valence electrons. The number of amides is 1. The molecule has 3 aromatic rings. The van der Waals surface area contributed by atoms with Crippen molar-refractivity contribution in [2.45, 2.75) is 19.8 Å². The monoisotopic (exact) mass is 395 g/mol. The Morgan fingerprint density at radius 3 is 2.82 bits per heavy atom. The molecule has 7 heteroatoms. The topological polar surface area (TPSA) is 71.0 Å². The third kappa shape index (κ3) is 3.78. The number of fused-ring (bicyclic) bond motifs is 1. The molecular weight excluding hydrogens is 374 g/mol. The summed E-state index contributed by atoms with van der Waals surface area (Å²) in [5.74, 6) is 1.16. The van der Waals surface area contributed by atoms with Crippen LogP contribution in [0.3, 0.4) is 0 Å². The number of pyridine rings is 3. The minimum Gasteiger partial charge on any atom is -0.356 e. The van der Waals surface area contributed by atoms with Crippen molar-refractivity contribution in [1.29, 1.82) is 0 Å². The first-order chi connectivity index (χ1) is 13.7. The summed E-state index contributed by atoms with van der Waals surface area (Å²) in [5, 5.41) is 5.47. The van der Waals surface area contributed by atoms with Crippen LogP contribution in [0.1, 0.15) is 19.8 Å². The van der Waals surface area contributed by atoms with Crippen molar-refractivity contribution in [1.82, 2.24) is 20.3 Å². The van der Waals surface area contributed by atoms with E-state index in [1.807, 2.05) is 37.4 Å². The molecule has 1 aliphatic heterocycles. The molecule has 0 radical (unpaired) electrons. The average molecular weight is 396 g/mol. The molecule has 3 aromatic heterocycles. The van der Waals surface area contributed by atoms with Crippen LogP contribution in [0.15, 0.2) is 42.9 Å². The number of piperidine rings is 1. The molecule has 0 aromatic carbocycles. The number of hydrogen-bond acceptors (Lipinski definition) is 5. The number of carbonyl (C=O) groups is 1. The van der Waals surface area contributed by atoms with Crippen LogP contribution in [0.2, 0.25) is 5.15 Å². The lowest BCUT2D eigenvalue weighted by molar-refractivity contribution is -0.125. The molecule has 4 rings (SSSR count). The van der Waals surface area contributed by atoms with E-state index in [1.165, 1.54) is 0 Å². The fourth-order valence-corrected chi connectivity index (χ4v) is 3.88. The molecule has 1 fully saturated rings. The molecule has 0 spiro atoms. The maximum Gasteiger partial charge on any atom is 0.223 e. The van der Waals surface area contributed by atoms with Crippen LogP contribution in [-0.4, -0.2) is 40.5 Å². The molecule has 0 saturated carbocycles. The number of nitrogens with zero attached hydrogens (tertiary/aromatic N) is 4. The van der Waals surface area contributed by atoms with Gasteiger partial charge < -0.3 is 10.2 Å². The number of carbonyl (C=O) groups excluding carboxylic acids is 1. The van der Waals surface area contributed by atoms with E-state index in [4.69, 9.17) is 16.6 Å². The molecular formula is C21H22ClN5O. The second-order valence-corrected chi connectivity index (χ2v) is 7.34. The Morgan fingerprint density at radius 2 is 2.07 bits per heavy atom. The molecule has 0 atom stereocenters. The Kier molecular flexibility index (Phi) is 5.39. The number of halogens is 1. The van der Waals surface area contributed by atoms with Crippen molar-refractivity contribution in [3.63, 3.8) is 0 Å². The van der Waals surface area contributed by atoms with Crippen LogP contribution < -0.4 is 10.2 Å². The zero-order chi connectivity index (χ0) is 19.5. The summed E-state index contributed by atoms with van der Waals surface area (Å²) < 4.78 is 0. The number of rotatable bonds is 4. The molecule has 28 heavy (non-hydrogen) atoms. The van der Waals surface area contributed by atoms with E-state index >= 15 is 0 Å². The van der Waals surface area contributed by atoms with Gasteiger partial charge in [-0.2, -0.15) is 0 Å².